The van der Waals surface area contributed by atoms with Crippen molar-refractivity contribution in [2.24, 2.45) is 0 Å². The Kier molecular flexibility index (Phi) is 5.93. The number of fused-ring (bicyclic) bond motifs is 1. The van der Waals surface area contributed by atoms with Crippen molar-refractivity contribution < 1.29 is 19.5 Å². The van der Waals surface area contributed by atoms with Gasteiger partial charge >= 0.3 is 0 Å². The summed E-state index contributed by atoms with van der Waals surface area (Å²) >= 11 is 0. The minimum absolute atomic E-state index is 0.0305. The number of phenols is 1. The first kappa shape index (κ1) is 19.8. The maximum Gasteiger partial charge on any atom is 0.223 e. The van der Waals surface area contributed by atoms with Crippen molar-refractivity contribution in [3.63, 3.8) is 0 Å². The first-order valence-electron chi connectivity index (χ1n) is 9.52. The molecular formula is C23H25NO4. The van der Waals surface area contributed by atoms with E-state index in [0.29, 0.717) is 18.5 Å². The highest BCUT2D eigenvalue weighted by atomic mass is 16.3. The summed E-state index contributed by atoms with van der Waals surface area (Å²) in [6.07, 6.45) is 2.03. The van der Waals surface area contributed by atoms with Crippen molar-refractivity contribution >= 4 is 17.5 Å². The van der Waals surface area contributed by atoms with Crippen LogP contribution >= 0.6 is 0 Å². The Labute approximate surface area is 165 Å². The van der Waals surface area contributed by atoms with Gasteiger partial charge in [0.15, 0.2) is 5.78 Å². The van der Waals surface area contributed by atoms with Crippen LogP contribution in [0.2, 0.25) is 0 Å². The Morgan fingerprint density at radius 1 is 1.11 bits per heavy atom. The number of hydrogen-bond acceptors (Lipinski definition) is 4. The van der Waals surface area contributed by atoms with Gasteiger partial charge in [-0.15, -0.1) is 0 Å². The number of aryl methyl sites for hydroxylation is 1. The van der Waals surface area contributed by atoms with Gasteiger partial charge in [0.05, 0.1) is 6.54 Å². The minimum Gasteiger partial charge on any atom is -0.508 e. The molecule has 0 aliphatic heterocycles. The molecule has 0 heterocycles. The second kappa shape index (κ2) is 8.38. The Bertz CT molecular complexity index is 919. The van der Waals surface area contributed by atoms with Crippen LogP contribution in [0.25, 0.3) is 0 Å². The molecule has 0 fully saturated rings. The quantitative estimate of drug-likeness (QED) is 0.746. The van der Waals surface area contributed by atoms with Gasteiger partial charge in [-0.1, -0.05) is 24.3 Å². The lowest BCUT2D eigenvalue weighted by molar-refractivity contribution is -0.135. The number of carbonyl (C=O) groups excluding carboxylic acids is 3. The van der Waals surface area contributed by atoms with Crippen molar-refractivity contribution in [1.82, 2.24) is 4.90 Å². The van der Waals surface area contributed by atoms with Crippen LogP contribution in [-0.2, 0) is 22.6 Å². The lowest BCUT2D eigenvalue weighted by Gasteiger charge is -2.24. The molecular weight excluding hydrogens is 354 g/mol. The molecule has 0 radical (unpaired) electrons. The summed E-state index contributed by atoms with van der Waals surface area (Å²) < 4.78 is 0. The second-order valence-corrected chi connectivity index (χ2v) is 7.53. The highest BCUT2D eigenvalue weighted by Gasteiger charge is 2.27. The zero-order chi connectivity index (χ0) is 20.3. The van der Waals surface area contributed by atoms with E-state index in [4.69, 9.17) is 0 Å². The molecule has 0 aromatic heterocycles. The standard InChI is InChI=1S/C23H25NO4/c1-15(25)13-24(14-17-4-3-5-18(10-17)16(2)26)23(28)12-20-7-6-19-11-21(27)8-9-22(19)20/h3-5,8-11,20,27H,6-7,12-14H2,1-2H3. The Morgan fingerprint density at radius 2 is 1.89 bits per heavy atom. The van der Waals surface area contributed by atoms with Gasteiger partial charge in [-0.05, 0) is 67.5 Å². The fraction of sp³-hybridized carbons (Fsp3) is 0.348. The molecule has 1 aliphatic rings. The molecule has 0 saturated carbocycles. The van der Waals surface area contributed by atoms with Crippen LogP contribution in [0, 0.1) is 0 Å². The van der Waals surface area contributed by atoms with E-state index >= 15 is 0 Å². The van der Waals surface area contributed by atoms with Crippen LogP contribution in [0.15, 0.2) is 42.5 Å². The number of hydrogen-bond donors (Lipinski definition) is 1. The van der Waals surface area contributed by atoms with Crippen LogP contribution in [-0.4, -0.2) is 34.0 Å². The largest absolute Gasteiger partial charge is 0.508 e. The van der Waals surface area contributed by atoms with E-state index in [2.05, 4.69) is 0 Å². The van der Waals surface area contributed by atoms with Gasteiger partial charge in [-0.3, -0.25) is 14.4 Å². The van der Waals surface area contributed by atoms with Crippen molar-refractivity contribution in [2.45, 2.75) is 45.6 Å². The molecule has 5 heteroatoms. The van der Waals surface area contributed by atoms with Crippen LogP contribution in [0.3, 0.4) is 0 Å². The number of phenolic OH excluding ortho intramolecular Hbond substituents is 1. The number of Topliss-reactive ketones (excluding diaryl/α,β-unsaturated/α-hetero) is 2. The number of ketones is 2. The third-order valence-electron chi connectivity index (χ3n) is 5.22. The molecule has 5 nitrogen and oxygen atoms in total. The molecule has 1 unspecified atom stereocenters. The van der Waals surface area contributed by atoms with E-state index in [9.17, 15) is 19.5 Å². The number of nitrogens with zero attached hydrogens (tertiary/aromatic N) is 1. The topological polar surface area (TPSA) is 74.7 Å². The van der Waals surface area contributed by atoms with Crippen LogP contribution in [0.1, 0.15) is 59.7 Å². The smallest absolute Gasteiger partial charge is 0.223 e. The molecule has 1 amide bonds. The first-order valence-corrected chi connectivity index (χ1v) is 9.52. The second-order valence-electron chi connectivity index (χ2n) is 7.53. The zero-order valence-electron chi connectivity index (χ0n) is 16.3. The predicted molar refractivity (Wildman–Crippen MR) is 106 cm³/mol. The Morgan fingerprint density at radius 3 is 2.61 bits per heavy atom. The first-order chi connectivity index (χ1) is 13.3. The Balaban J connectivity index is 1.75. The average Bonchev–Trinajstić information content (AvgIpc) is 3.02. The summed E-state index contributed by atoms with van der Waals surface area (Å²) in [5.41, 5.74) is 3.62. The molecule has 2 aromatic carbocycles. The summed E-state index contributed by atoms with van der Waals surface area (Å²) in [6, 6.07) is 12.5. The third kappa shape index (κ3) is 4.66. The predicted octanol–water partition coefficient (Wildman–Crippen LogP) is 3.63. The number of amides is 1. The van der Waals surface area contributed by atoms with Crippen LogP contribution < -0.4 is 0 Å². The molecule has 2 aromatic rings. The van der Waals surface area contributed by atoms with Crippen LogP contribution in [0.5, 0.6) is 5.75 Å². The molecule has 0 saturated heterocycles. The number of benzene rings is 2. The molecule has 0 bridgehead atoms. The highest BCUT2D eigenvalue weighted by Crippen LogP contribution is 2.37. The van der Waals surface area contributed by atoms with Crippen LogP contribution in [0.4, 0.5) is 0 Å². The van der Waals surface area contributed by atoms with E-state index in [0.717, 1.165) is 29.5 Å². The van der Waals surface area contributed by atoms with Gasteiger partial charge in [0.25, 0.3) is 0 Å². The molecule has 1 N–H and O–H groups in total. The highest BCUT2D eigenvalue weighted by molar-refractivity contribution is 5.94. The minimum atomic E-state index is -0.0761. The maximum atomic E-state index is 13.0. The van der Waals surface area contributed by atoms with Crippen molar-refractivity contribution in [3.8, 4) is 5.75 Å². The van der Waals surface area contributed by atoms with E-state index < -0.39 is 0 Å². The molecule has 1 atom stereocenters. The van der Waals surface area contributed by atoms with Crippen molar-refractivity contribution in [3.05, 3.63) is 64.7 Å². The Hall–Kier alpha value is -2.95. The summed E-state index contributed by atoms with van der Waals surface area (Å²) in [5, 5.41) is 9.64. The molecule has 146 valence electrons. The number of carbonyl (C=O) groups is 3. The summed E-state index contributed by atoms with van der Waals surface area (Å²) in [5.74, 6) is 0.162. The zero-order valence-corrected chi connectivity index (χ0v) is 16.3. The lowest BCUT2D eigenvalue weighted by Crippen LogP contribution is -2.35. The number of aromatic hydroxyl groups is 1. The van der Waals surface area contributed by atoms with Gasteiger partial charge in [0.1, 0.15) is 11.5 Å². The SMILES string of the molecule is CC(=O)CN(Cc1cccc(C(C)=O)c1)C(=O)CC1CCc2cc(O)ccc21. The van der Waals surface area contributed by atoms with Gasteiger partial charge in [-0.25, -0.2) is 0 Å². The van der Waals surface area contributed by atoms with Gasteiger partial charge in [0.2, 0.25) is 5.91 Å². The van der Waals surface area contributed by atoms with E-state index in [1.165, 1.54) is 13.8 Å². The molecule has 3 rings (SSSR count). The normalized spacial score (nSPS) is 15.1. The van der Waals surface area contributed by atoms with E-state index in [-0.39, 0.29) is 35.7 Å². The summed E-state index contributed by atoms with van der Waals surface area (Å²) in [7, 11) is 0. The number of rotatable bonds is 7. The van der Waals surface area contributed by atoms with E-state index in [1.807, 2.05) is 12.1 Å². The van der Waals surface area contributed by atoms with Crippen molar-refractivity contribution in [1.29, 1.82) is 0 Å². The third-order valence-corrected chi connectivity index (χ3v) is 5.22. The summed E-state index contributed by atoms with van der Waals surface area (Å²) in [6.45, 7) is 3.33. The average molecular weight is 379 g/mol. The molecule has 1 aliphatic carbocycles. The molecule has 28 heavy (non-hydrogen) atoms. The van der Waals surface area contributed by atoms with E-state index in [1.54, 1.807) is 35.2 Å². The van der Waals surface area contributed by atoms with Gasteiger partial charge in [0, 0.05) is 18.5 Å². The fourth-order valence-corrected chi connectivity index (χ4v) is 3.85. The van der Waals surface area contributed by atoms with Gasteiger partial charge in [-0.2, -0.15) is 0 Å². The lowest BCUT2D eigenvalue weighted by atomic mass is 9.96. The van der Waals surface area contributed by atoms with Crippen molar-refractivity contribution in [2.75, 3.05) is 6.54 Å². The maximum absolute atomic E-state index is 13.0. The van der Waals surface area contributed by atoms with Gasteiger partial charge < -0.3 is 10.0 Å². The fourth-order valence-electron chi connectivity index (χ4n) is 3.85. The molecule has 0 spiro atoms. The summed E-state index contributed by atoms with van der Waals surface area (Å²) in [4.78, 5) is 37.9. The monoisotopic (exact) mass is 379 g/mol.